The van der Waals surface area contributed by atoms with E-state index in [0.717, 1.165) is 17.5 Å². The predicted octanol–water partition coefficient (Wildman–Crippen LogP) is 2.86. The molecule has 0 fully saturated rings. The van der Waals surface area contributed by atoms with E-state index in [4.69, 9.17) is 19.9 Å². The fraction of sp³-hybridized carbons (Fsp3) is 0.304. The summed E-state index contributed by atoms with van der Waals surface area (Å²) in [4.78, 5) is 22.8. The monoisotopic (exact) mass is 412 g/mol. The van der Waals surface area contributed by atoms with Crippen LogP contribution in [-0.2, 0) is 14.3 Å². The van der Waals surface area contributed by atoms with E-state index in [-0.39, 0.29) is 18.6 Å². The molecule has 0 aliphatic heterocycles. The van der Waals surface area contributed by atoms with Crippen molar-refractivity contribution >= 4 is 17.9 Å². The maximum atomic E-state index is 12.0. The number of ether oxygens (including phenoxy) is 3. The van der Waals surface area contributed by atoms with Crippen molar-refractivity contribution in [3.63, 3.8) is 0 Å². The Morgan fingerprint density at radius 3 is 2.60 bits per heavy atom. The van der Waals surface area contributed by atoms with Crippen molar-refractivity contribution in [1.82, 2.24) is 5.32 Å². The van der Waals surface area contributed by atoms with Gasteiger partial charge in [-0.15, -0.1) is 0 Å². The average Bonchev–Trinajstić information content (AvgIpc) is 2.76. The first kappa shape index (κ1) is 23.0. The number of carbonyl (C=O) groups excluding carboxylic acids is 2. The molecule has 2 amide bonds. The highest BCUT2D eigenvalue weighted by molar-refractivity contribution is 5.91. The first-order chi connectivity index (χ1) is 14.5. The Morgan fingerprint density at radius 1 is 1.13 bits per heavy atom. The van der Waals surface area contributed by atoms with Crippen LogP contribution in [0.4, 0.5) is 0 Å². The van der Waals surface area contributed by atoms with Gasteiger partial charge in [-0.1, -0.05) is 36.4 Å². The topological polar surface area (TPSA) is 99.9 Å². The number of nitrogens with two attached hydrogens (primary N) is 1. The number of carbonyl (C=O) groups is 2. The molecule has 2 rings (SSSR count). The second kappa shape index (κ2) is 12.3. The summed E-state index contributed by atoms with van der Waals surface area (Å²) < 4.78 is 16.3. The van der Waals surface area contributed by atoms with E-state index in [2.05, 4.69) is 5.32 Å². The smallest absolute Gasteiger partial charge is 0.255 e. The van der Waals surface area contributed by atoms with Crippen molar-refractivity contribution in [3.05, 3.63) is 65.7 Å². The Kier molecular flexibility index (Phi) is 9.40. The summed E-state index contributed by atoms with van der Waals surface area (Å²) in [6, 6.07) is 15.1. The van der Waals surface area contributed by atoms with Crippen LogP contribution in [0.1, 0.15) is 30.6 Å². The lowest BCUT2D eigenvalue weighted by molar-refractivity contribution is -0.120. The minimum Gasteiger partial charge on any atom is -0.493 e. The van der Waals surface area contributed by atoms with Gasteiger partial charge >= 0.3 is 0 Å². The number of nitrogens with one attached hydrogen (secondary N) is 1. The van der Waals surface area contributed by atoms with Gasteiger partial charge in [0, 0.05) is 19.2 Å². The van der Waals surface area contributed by atoms with Crippen LogP contribution < -0.4 is 20.5 Å². The van der Waals surface area contributed by atoms with Crippen LogP contribution >= 0.6 is 0 Å². The van der Waals surface area contributed by atoms with Crippen LogP contribution in [0.5, 0.6) is 11.5 Å². The molecular formula is C23H28N2O5. The molecule has 2 aromatic rings. The lowest BCUT2D eigenvalue weighted by Crippen LogP contribution is -2.23. The molecular weight excluding hydrogens is 384 g/mol. The molecule has 1 unspecified atom stereocenters. The van der Waals surface area contributed by atoms with Crippen molar-refractivity contribution in [2.75, 3.05) is 26.9 Å². The molecule has 0 bridgehead atoms. The molecule has 7 nitrogen and oxygen atoms in total. The molecule has 3 N–H and O–H groups in total. The van der Waals surface area contributed by atoms with Gasteiger partial charge in [-0.25, -0.2) is 0 Å². The summed E-state index contributed by atoms with van der Waals surface area (Å²) in [5.74, 6) is 0.0860. The molecule has 0 aliphatic rings. The van der Waals surface area contributed by atoms with Crippen LogP contribution in [0, 0.1) is 0 Å². The number of methoxy groups -OCH3 is 1. The molecule has 0 radical (unpaired) electrons. The van der Waals surface area contributed by atoms with Crippen molar-refractivity contribution in [3.8, 4) is 11.5 Å². The zero-order valence-corrected chi connectivity index (χ0v) is 17.3. The number of amides is 2. The first-order valence-electron chi connectivity index (χ1n) is 9.71. The van der Waals surface area contributed by atoms with Gasteiger partial charge in [0.15, 0.2) is 18.1 Å². The summed E-state index contributed by atoms with van der Waals surface area (Å²) in [5, 5.41) is 2.83. The average molecular weight is 412 g/mol. The third-order valence-electron chi connectivity index (χ3n) is 4.24. The van der Waals surface area contributed by atoms with E-state index >= 15 is 0 Å². The first-order valence-corrected chi connectivity index (χ1v) is 9.71. The zero-order valence-electron chi connectivity index (χ0n) is 17.3. The molecule has 0 saturated carbocycles. The molecule has 1 atom stereocenters. The number of benzene rings is 2. The molecule has 7 heteroatoms. The normalized spacial score (nSPS) is 11.8. The zero-order chi connectivity index (χ0) is 21.8. The maximum absolute atomic E-state index is 12.0. The van der Waals surface area contributed by atoms with Crippen LogP contribution in [0.25, 0.3) is 6.08 Å². The number of rotatable bonds is 12. The van der Waals surface area contributed by atoms with E-state index < -0.39 is 5.91 Å². The summed E-state index contributed by atoms with van der Waals surface area (Å²) in [6.07, 6.45) is 3.86. The lowest BCUT2D eigenvalue weighted by Gasteiger charge is -2.13. The van der Waals surface area contributed by atoms with E-state index in [1.54, 1.807) is 24.3 Å². The van der Waals surface area contributed by atoms with Gasteiger partial charge in [0.05, 0.1) is 13.2 Å². The minimum atomic E-state index is -0.572. The van der Waals surface area contributed by atoms with Gasteiger partial charge in [0.2, 0.25) is 5.91 Å². The largest absolute Gasteiger partial charge is 0.493 e. The Morgan fingerprint density at radius 2 is 1.90 bits per heavy atom. The molecule has 0 aliphatic carbocycles. The van der Waals surface area contributed by atoms with Crippen molar-refractivity contribution in [2.24, 2.45) is 5.73 Å². The second-order valence-electron chi connectivity index (χ2n) is 6.57. The quantitative estimate of drug-likeness (QED) is 0.412. The highest BCUT2D eigenvalue weighted by atomic mass is 16.5. The minimum absolute atomic E-state index is 0.0201. The predicted molar refractivity (Wildman–Crippen MR) is 115 cm³/mol. The van der Waals surface area contributed by atoms with Crippen LogP contribution in [0.2, 0.25) is 0 Å². The number of primary amides is 1. The molecule has 2 aromatic carbocycles. The van der Waals surface area contributed by atoms with Crippen molar-refractivity contribution < 1.29 is 23.8 Å². The third-order valence-corrected chi connectivity index (χ3v) is 4.24. The van der Waals surface area contributed by atoms with Crippen LogP contribution in [0.15, 0.2) is 54.6 Å². The second-order valence-corrected chi connectivity index (χ2v) is 6.57. The molecule has 0 aromatic heterocycles. The van der Waals surface area contributed by atoms with E-state index in [1.807, 2.05) is 37.3 Å². The fourth-order valence-corrected chi connectivity index (χ4v) is 2.65. The molecule has 160 valence electrons. The van der Waals surface area contributed by atoms with Gasteiger partial charge in [-0.05, 0) is 42.7 Å². The maximum Gasteiger partial charge on any atom is 0.255 e. The highest BCUT2D eigenvalue weighted by Gasteiger charge is 2.07. The van der Waals surface area contributed by atoms with Crippen molar-refractivity contribution in [1.29, 1.82) is 0 Å². The van der Waals surface area contributed by atoms with Crippen LogP contribution in [0.3, 0.4) is 0 Å². The molecule has 0 spiro atoms. The Labute approximate surface area is 176 Å². The summed E-state index contributed by atoms with van der Waals surface area (Å²) >= 11 is 0. The van der Waals surface area contributed by atoms with Gasteiger partial charge in [0.1, 0.15) is 0 Å². The summed E-state index contributed by atoms with van der Waals surface area (Å²) in [7, 11) is 1.49. The SMILES string of the molecule is COc1cc(/C=C/C(=O)NCCCOC(C)c2ccccc2)ccc1OCC(N)=O. The molecule has 30 heavy (non-hydrogen) atoms. The third kappa shape index (κ3) is 7.97. The Balaban J connectivity index is 1.73. The fourth-order valence-electron chi connectivity index (χ4n) is 2.65. The number of hydrogen-bond acceptors (Lipinski definition) is 5. The van der Waals surface area contributed by atoms with Gasteiger partial charge < -0.3 is 25.3 Å². The Hall–Kier alpha value is -3.32. The standard InChI is InChI=1S/C23H28N2O5/c1-17(19-7-4-3-5-8-19)29-14-6-13-25-23(27)12-10-18-9-11-20(21(15-18)28-2)30-16-22(24)26/h3-5,7-12,15,17H,6,13-14,16H2,1-2H3,(H2,24,26)(H,25,27)/b12-10+. The van der Waals surface area contributed by atoms with Gasteiger partial charge in [0.25, 0.3) is 5.91 Å². The highest BCUT2D eigenvalue weighted by Crippen LogP contribution is 2.28. The number of hydrogen-bond donors (Lipinski definition) is 2. The summed E-state index contributed by atoms with van der Waals surface area (Å²) in [5.41, 5.74) is 6.96. The van der Waals surface area contributed by atoms with Crippen molar-refractivity contribution in [2.45, 2.75) is 19.4 Å². The van der Waals surface area contributed by atoms with E-state index in [9.17, 15) is 9.59 Å². The Bertz CT molecular complexity index is 852. The molecule has 0 heterocycles. The van der Waals surface area contributed by atoms with Gasteiger partial charge in [-0.2, -0.15) is 0 Å². The van der Waals surface area contributed by atoms with E-state index in [0.29, 0.717) is 24.7 Å². The van der Waals surface area contributed by atoms with E-state index in [1.165, 1.54) is 13.2 Å². The lowest BCUT2D eigenvalue weighted by atomic mass is 10.1. The van der Waals surface area contributed by atoms with Gasteiger partial charge in [-0.3, -0.25) is 9.59 Å². The summed E-state index contributed by atoms with van der Waals surface area (Å²) in [6.45, 7) is 2.86. The van der Waals surface area contributed by atoms with Crippen LogP contribution in [-0.4, -0.2) is 38.7 Å². The molecule has 0 saturated heterocycles.